The van der Waals surface area contributed by atoms with Gasteiger partial charge in [0, 0.05) is 11.3 Å². The van der Waals surface area contributed by atoms with E-state index in [0.29, 0.717) is 17.9 Å². The van der Waals surface area contributed by atoms with Crippen molar-refractivity contribution in [1.29, 1.82) is 0 Å². The second-order valence-corrected chi connectivity index (χ2v) is 12.2. The van der Waals surface area contributed by atoms with Gasteiger partial charge in [0.25, 0.3) is 0 Å². The van der Waals surface area contributed by atoms with Crippen LogP contribution in [0, 0.1) is 5.41 Å². The highest BCUT2D eigenvalue weighted by Crippen LogP contribution is 2.41. The number of rotatable bonds is 10. The maximum atomic E-state index is 13.7. The highest BCUT2D eigenvalue weighted by atomic mass is 16.7. The molecule has 4 rings (SSSR count). The molecule has 0 bridgehead atoms. The number of nitrogens with one attached hydrogen (secondary N) is 2. The summed E-state index contributed by atoms with van der Waals surface area (Å²) in [6, 6.07) is 15.6. The smallest absolute Gasteiger partial charge is 0.359 e. The average molecular weight is 577 g/mol. The van der Waals surface area contributed by atoms with E-state index in [1.807, 2.05) is 60.4 Å². The molecule has 224 valence electrons. The van der Waals surface area contributed by atoms with Crippen LogP contribution in [0.5, 0.6) is 0 Å². The SMILES string of the molecule is CCCCC1(C)NC(C(C)(C)O)=C(C(=O)OCOC(=O)C(C)(C)C)N1c1ccc(-c2ccccc2-c2nnn[nH]2)cc1. The van der Waals surface area contributed by atoms with Crippen LogP contribution < -0.4 is 10.2 Å². The molecule has 42 heavy (non-hydrogen) atoms. The van der Waals surface area contributed by atoms with E-state index in [9.17, 15) is 14.7 Å². The number of ether oxygens (including phenoxy) is 2. The van der Waals surface area contributed by atoms with Gasteiger partial charge in [-0.2, -0.15) is 0 Å². The Kier molecular flexibility index (Phi) is 8.72. The van der Waals surface area contributed by atoms with Gasteiger partial charge in [0.15, 0.2) is 11.5 Å². The van der Waals surface area contributed by atoms with Gasteiger partial charge in [-0.3, -0.25) is 4.79 Å². The molecule has 3 N–H and O–H groups in total. The quantitative estimate of drug-likeness (QED) is 0.225. The van der Waals surface area contributed by atoms with Crippen LogP contribution in [0.3, 0.4) is 0 Å². The number of benzene rings is 2. The Morgan fingerprint density at radius 1 is 1.00 bits per heavy atom. The Hall–Kier alpha value is -4.25. The van der Waals surface area contributed by atoms with Crippen molar-refractivity contribution in [3.8, 4) is 22.5 Å². The Morgan fingerprint density at radius 3 is 2.24 bits per heavy atom. The molecule has 0 amide bonds. The van der Waals surface area contributed by atoms with Crippen molar-refractivity contribution in [2.45, 2.75) is 79.0 Å². The Bertz CT molecular complexity index is 1440. The Morgan fingerprint density at radius 2 is 1.67 bits per heavy atom. The van der Waals surface area contributed by atoms with Crippen LogP contribution >= 0.6 is 0 Å². The molecule has 0 aliphatic carbocycles. The van der Waals surface area contributed by atoms with Crippen LogP contribution in [-0.2, 0) is 19.1 Å². The number of tetrazole rings is 1. The standard InChI is InChI=1S/C31H40N6O5/c1-8-9-18-31(7)32-25(30(5,6)40)24(27(38)41-19-42-28(39)29(2,3)4)37(31)21-16-14-20(15-17-21)22-12-10-11-13-23(22)26-33-35-36-34-26/h10-17,32,40H,8-9,18-19H2,1-7H3,(H,33,34,35,36). The summed E-state index contributed by atoms with van der Waals surface area (Å²) in [6.45, 7) is 11.9. The monoisotopic (exact) mass is 576 g/mol. The largest absolute Gasteiger partial charge is 0.427 e. The molecule has 1 unspecified atom stereocenters. The number of H-pyrrole nitrogens is 1. The lowest BCUT2D eigenvalue weighted by molar-refractivity contribution is -0.171. The van der Waals surface area contributed by atoms with Crippen molar-refractivity contribution in [2.75, 3.05) is 11.7 Å². The third kappa shape index (κ3) is 6.46. The number of hydrogen-bond acceptors (Lipinski definition) is 10. The number of hydrogen-bond donors (Lipinski definition) is 3. The van der Waals surface area contributed by atoms with Gasteiger partial charge in [-0.15, -0.1) is 5.10 Å². The second-order valence-electron chi connectivity index (χ2n) is 12.2. The fourth-order valence-electron chi connectivity index (χ4n) is 4.91. The maximum absolute atomic E-state index is 13.7. The zero-order chi connectivity index (χ0) is 30.7. The van der Waals surface area contributed by atoms with E-state index in [0.717, 1.165) is 35.2 Å². The number of aliphatic hydroxyl groups is 1. The van der Waals surface area contributed by atoms with E-state index >= 15 is 0 Å². The lowest BCUT2D eigenvalue weighted by Crippen LogP contribution is -2.52. The molecule has 1 atom stereocenters. The summed E-state index contributed by atoms with van der Waals surface area (Å²) < 4.78 is 10.7. The lowest BCUT2D eigenvalue weighted by Gasteiger charge is -2.38. The van der Waals surface area contributed by atoms with Gasteiger partial charge < -0.3 is 24.8 Å². The summed E-state index contributed by atoms with van der Waals surface area (Å²) in [6.07, 6.45) is 2.50. The minimum Gasteiger partial charge on any atom is -0.427 e. The maximum Gasteiger partial charge on any atom is 0.359 e. The molecular weight excluding hydrogens is 536 g/mol. The number of carbonyl (C=O) groups excluding carboxylic acids is 2. The fraction of sp³-hybridized carbons (Fsp3) is 0.452. The van der Waals surface area contributed by atoms with E-state index in [1.54, 1.807) is 34.6 Å². The van der Waals surface area contributed by atoms with Crippen LogP contribution in [0.1, 0.15) is 67.7 Å². The van der Waals surface area contributed by atoms with Gasteiger partial charge in [0.05, 0.1) is 11.1 Å². The van der Waals surface area contributed by atoms with Gasteiger partial charge in [0.2, 0.25) is 6.79 Å². The van der Waals surface area contributed by atoms with Crippen molar-refractivity contribution in [3.63, 3.8) is 0 Å². The molecule has 1 aliphatic heterocycles. The number of anilines is 1. The molecule has 1 aliphatic rings. The molecule has 0 radical (unpaired) electrons. The number of nitrogens with zero attached hydrogens (tertiary/aromatic N) is 4. The minimum absolute atomic E-state index is 0.161. The normalized spacial score (nSPS) is 17.3. The van der Waals surface area contributed by atoms with Crippen molar-refractivity contribution >= 4 is 17.6 Å². The summed E-state index contributed by atoms with van der Waals surface area (Å²) in [7, 11) is 0. The highest BCUT2D eigenvalue weighted by Gasteiger charge is 2.48. The molecule has 11 nitrogen and oxygen atoms in total. The van der Waals surface area contributed by atoms with Crippen LogP contribution in [0.4, 0.5) is 5.69 Å². The van der Waals surface area contributed by atoms with Gasteiger partial charge in [0.1, 0.15) is 11.3 Å². The van der Waals surface area contributed by atoms with E-state index in [1.165, 1.54) is 0 Å². The molecular formula is C31H40N6O5. The van der Waals surface area contributed by atoms with Crippen molar-refractivity contribution in [2.24, 2.45) is 5.41 Å². The lowest BCUT2D eigenvalue weighted by atomic mass is 9.98. The van der Waals surface area contributed by atoms with Gasteiger partial charge >= 0.3 is 11.9 Å². The van der Waals surface area contributed by atoms with Crippen LogP contribution in [0.25, 0.3) is 22.5 Å². The summed E-state index contributed by atoms with van der Waals surface area (Å²) in [5, 5.41) is 28.9. The first-order valence-corrected chi connectivity index (χ1v) is 14.1. The molecule has 0 spiro atoms. The third-order valence-electron chi connectivity index (χ3n) is 7.13. The van der Waals surface area contributed by atoms with Gasteiger partial charge in [-0.25, -0.2) is 9.89 Å². The van der Waals surface area contributed by atoms with Crippen LogP contribution in [-0.4, -0.2) is 55.7 Å². The van der Waals surface area contributed by atoms with Gasteiger partial charge in [-0.1, -0.05) is 49.7 Å². The zero-order valence-corrected chi connectivity index (χ0v) is 25.3. The number of carbonyl (C=O) groups is 2. The molecule has 11 heteroatoms. The zero-order valence-electron chi connectivity index (χ0n) is 25.3. The van der Waals surface area contributed by atoms with Crippen molar-refractivity contribution < 1.29 is 24.2 Å². The molecule has 2 heterocycles. The first-order chi connectivity index (χ1) is 19.8. The van der Waals surface area contributed by atoms with E-state index in [-0.39, 0.29) is 5.70 Å². The van der Waals surface area contributed by atoms with E-state index < -0.39 is 35.4 Å². The van der Waals surface area contributed by atoms with Crippen molar-refractivity contribution in [1.82, 2.24) is 25.9 Å². The van der Waals surface area contributed by atoms with Crippen LogP contribution in [0.2, 0.25) is 0 Å². The number of esters is 2. The highest BCUT2D eigenvalue weighted by molar-refractivity contribution is 5.96. The Labute approximate surface area is 246 Å². The van der Waals surface area contributed by atoms with E-state index in [2.05, 4.69) is 32.9 Å². The third-order valence-corrected chi connectivity index (χ3v) is 7.13. The number of aromatic amines is 1. The van der Waals surface area contributed by atoms with Gasteiger partial charge in [-0.05, 0) is 88.1 Å². The van der Waals surface area contributed by atoms with Crippen LogP contribution in [0.15, 0.2) is 59.9 Å². The predicted octanol–water partition coefficient (Wildman–Crippen LogP) is 4.92. The fourth-order valence-corrected chi connectivity index (χ4v) is 4.91. The number of aromatic nitrogens is 4. The van der Waals surface area contributed by atoms with Crippen molar-refractivity contribution in [3.05, 3.63) is 59.9 Å². The summed E-state index contributed by atoms with van der Waals surface area (Å²) >= 11 is 0. The molecule has 1 aromatic heterocycles. The topological polar surface area (TPSA) is 143 Å². The second kappa shape index (κ2) is 11.9. The first kappa shape index (κ1) is 30.7. The van der Waals surface area contributed by atoms with E-state index in [4.69, 9.17) is 9.47 Å². The molecule has 2 aromatic carbocycles. The predicted molar refractivity (Wildman–Crippen MR) is 158 cm³/mol. The first-order valence-electron chi connectivity index (χ1n) is 14.1. The summed E-state index contributed by atoms with van der Waals surface area (Å²) in [5.74, 6) is -0.646. The molecule has 3 aromatic rings. The number of unbranched alkanes of at least 4 members (excludes halogenated alkanes) is 1. The molecule has 0 saturated heterocycles. The Balaban J connectivity index is 1.73. The summed E-state index contributed by atoms with van der Waals surface area (Å²) in [5.41, 5.74) is 1.06. The molecule has 0 fully saturated rings. The minimum atomic E-state index is -1.39. The summed E-state index contributed by atoms with van der Waals surface area (Å²) in [4.78, 5) is 27.8. The average Bonchev–Trinajstić information content (AvgIpc) is 3.58. The molecule has 0 saturated carbocycles.